The summed E-state index contributed by atoms with van der Waals surface area (Å²) in [7, 11) is 0. The molecule has 0 aromatic carbocycles. The molecular formula is C13H23N3O2. The number of hydrogen-bond donors (Lipinski definition) is 2. The van der Waals surface area contributed by atoms with Gasteiger partial charge in [0.05, 0.1) is 12.3 Å². The van der Waals surface area contributed by atoms with Gasteiger partial charge in [0.25, 0.3) is 0 Å². The third-order valence-electron chi connectivity index (χ3n) is 3.85. The molecule has 0 spiro atoms. The van der Waals surface area contributed by atoms with Crippen molar-refractivity contribution in [3.63, 3.8) is 0 Å². The van der Waals surface area contributed by atoms with Gasteiger partial charge in [-0.25, -0.2) is 0 Å². The van der Waals surface area contributed by atoms with Gasteiger partial charge in [0.15, 0.2) is 0 Å². The van der Waals surface area contributed by atoms with Crippen LogP contribution in [0, 0.1) is 0 Å². The molecule has 1 aromatic heterocycles. The third kappa shape index (κ3) is 2.74. The van der Waals surface area contributed by atoms with Crippen LogP contribution in [-0.4, -0.2) is 39.7 Å². The van der Waals surface area contributed by atoms with Gasteiger partial charge in [0.1, 0.15) is 5.60 Å². The predicted octanol–water partition coefficient (Wildman–Crippen LogP) is 1.09. The molecule has 3 unspecified atom stereocenters. The van der Waals surface area contributed by atoms with E-state index in [1.165, 1.54) is 0 Å². The van der Waals surface area contributed by atoms with E-state index in [1.807, 2.05) is 24.0 Å². The van der Waals surface area contributed by atoms with Gasteiger partial charge >= 0.3 is 0 Å². The highest BCUT2D eigenvalue weighted by atomic mass is 16.5. The normalized spacial score (nSPS) is 29.7. The molecule has 2 heterocycles. The van der Waals surface area contributed by atoms with Gasteiger partial charge in [0.2, 0.25) is 0 Å². The lowest BCUT2D eigenvalue weighted by Crippen LogP contribution is -2.46. The van der Waals surface area contributed by atoms with Gasteiger partial charge in [-0.3, -0.25) is 4.68 Å². The monoisotopic (exact) mass is 253 g/mol. The van der Waals surface area contributed by atoms with Crippen molar-refractivity contribution >= 4 is 0 Å². The minimum atomic E-state index is -0.741. The fraction of sp³-hybridized carbons (Fsp3) is 0.769. The number of aryl methyl sites for hydroxylation is 1. The Morgan fingerprint density at radius 1 is 1.72 bits per heavy atom. The zero-order valence-electron chi connectivity index (χ0n) is 11.4. The van der Waals surface area contributed by atoms with E-state index in [-0.39, 0.29) is 12.1 Å². The van der Waals surface area contributed by atoms with E-state index in [4.69, 9.17) is 4.74 Å². The highest BCUT2D eigenvalue weighted by Gasteiger charge is 2.39. The van der Waals surface area contributed by atoms with E-state index in [0.29, 0.717) is 19.6 Å². The van der Waals surface area contributed by atoms with E-state index < -0.39 is 5.60 Å². The topological polar surface area (TPSA) is 59.3 Å². The summed E-state index contributed by atoms with van der Waals surface area (Å²) in [4.78, 5) is 0. The van der Waals surface area contributed by atoms with Crippen molar-refractivity contribution in [3.8, 4) is 0 Å². The lowest BCUT2D eigenvalue weighted by atomic mass is 9.96. The van der Waals surface area contributed by atoms with Gasteiger partial charge in [-0.1, -0.05) is 0 Å². The van der Waals surface area contributed by atoms with E-state index in [0.717, 1.165) is 12.1 Å². The lowest BCUT2D eigenvalue weighted by molar-refractivity contribution is -0.0274. The molecule has 0 aliphatic carbocycles. The van der Waals surface area contributed by atoms with Crippen LogP contribution in [0.5, 0.6) is 0 Å². The quantitative estimate of drug-likeness (QED) is 0.825. The molecule has 5 nitrogen and oxygen atoms in total. The molecule has 1 aliphatic rings. The van der Waals surface area contributed by atoms with Crippen LogP contribution in [-0.2, 0) is 11.3 Å². The summed E-state index contributed by atoms with van der Waals surface area (Å²) in [5, 5.41) is 18.0. The standard InChI is InChI=1S/C13H23N3O2/c1-4-16-8-12(7-15-16)10(2)14-9-13(17)5-6-18-11(13)3/h7-8,10-11,14,17H,4-6,9H2,1-3H3. The Hall–Kier alpha value is -0.910. The summed E-state index contributed by atoms with van der Waals surface area (Å²) in [6, 6.07) is 0.183. The average Bonchev–Trinajstić information content (AvgIpc) is 2.95. The second kappa shape index (κ2) is 5.38. The van der Waals surface area contributed by atoms with Crippen molar-refractivity contribution in [2.24, 2.45) is 0 Å². The minimum absolute atomic E-state index is 0.101. The fourth-order valence-electron chi connectivity index (χ4n) is 2.23. The molecule has 0 amide bonds. The zero-order chi connectivity index (χ0) is 13.2. The molecule has 2 rings (SSSR count). The first kappa shape index (κ1) is 13.5. The van der Waals surface area contributed by atoms with Crippen LogP contribution in [0.25, 0.3) is 0 Å². The van der Waals surface area contributed by atoms with E-state index in [1.54, 1.807) is 0 Å². The second-order valence-corrected chi connectivity index (χ2v) is 5.10. The molecule has 0 radical (unpaired) electrons. The molecule has 5 heteroatoms. The first-order valence-electron chi connectivity index (χ1n) is 6.65. The van der Waals surface area contributed by atoms with Crippen LogP contribution in [0.15, 0.2) is 12.4 Å². The van der Waals surface area contributed by atoms with Crippen LogP contribution < -0.4 is 5.32 Å². The summed E-state index contributed by atoms with van der Waals surface area (Å²) in [6.45, 7) is 8.14. The summed E-state index contributed by atoms with van der Waals surface area (Å²) >= 11 is 0. The zero-order valence-corrected chi connectivity index (χ0v) is 11.4. The maximum absolute atomic E-state index is 10.4. The van der Waals surface area contributed by atoms with Gasteiger partial charge in [-0.15, -0.1) is 0 Å². The van der Waals surface area contributed by atoms with Gasteiger partial charge in [-0.2, -0.15) is 5.10 Å². The van der Waals surface area contributed by atoms with Crippen molar-refractivity contribution in [1.82, 2.24) is 15.1 Å². The van der Waals surface area contributed by atoms with Gasteiger partial charge < -0.3 is 15.2 Å². The molecule has 3 atom stereocenters. The van der Waals surface area contributed by atoms with Crippen LogP contribution in [0.3, 0.4) is 0 Å². The number of nitrogens with zero attached hydrogens (tertiary/aromatic N) is 2. The van der Waals surface area contributed by atoms with Crippen molar-refractivity contribution in [1.29, 1.82) is 0 Å². The Bertz CT molecular complexity index is 393. The van der Waals surface area contributed by atoms with Gasteiger partial charge in [0, 0.05) is 43.9 Å². The summed E-state index contributed by atoms with van der Waals surface area (Å²) < 4.78 is 7.33. The molecule has 0 bridgehead atoms. The molecule has 1 aliphatic heterocycles. The summed E-state index contributed by atoms with van der Waals surface area (Å²) in [6.07, 6.45) is 4.51. The Balaban J connectivity index is 1.89. The number of ether oxygens (including phenoxy) is 1. The molecular weight excluding hydrogens is 230 g/mol. The van der Waals surface area contributed by atoms with Crippen LogP contribution in [0.1, 0.15) is 38.8 Å². The van der Waals surface area contributed by atoms with E-state index in [9.17, 15) is 5.11 Å². The number of hydrogen-bond acceptors (Lipinski definition) is 4. The van der Waals surface area contributed by atoms with Crippen molar-refractivity contribution < 1.29 is 9.84 Å². The molecule has 1 saturated heterocycles. The van der Waals surface area contributed by atoms with E-state index >= 15 is 0 Å². The molecule has 102 valence electrons. The Morgan fingerprint density at radius 2 is 2.50 bits per heavy atom. The predicted molar refractivity (Wildman–Crippen MR) is 69.3 cm³/mol. The minimum Gasteiger partial charge on any atom is -0.386 e. The SMILES string of the molecule is CCn1cc(C(C)NCC2(O)CCOC2C)cn1. The summed E-state index contributed by atoms with van der Waals surface area (Å²) in [5.41, 5.74) is 0.404. The maximum atomic E-state index is 10.4. The second-order valence-electron chi connectivity index (χ2n) is 5.10. The Morgan fingerprint density at radius 3 is 3.06 bits per heavy atom. The molecule has 18 heavy (non-hydrogen) atoms. The van der Waals surface area contributed by atoms with E-state index in [2.05, 4.69) is 24.3 Å². The Labute approximate surface area is 108 Å². The smallest absolute Gasteiger partial charge is 0.105 e. The fourth-order valence-corrected chi connectivity index (χ4v) is 2.23. The van der Waals surface area contributed by atoms with Crippen LogP contribution in [0.4, 0.5) is 0 Å². The largest absolute Gasteiger partial charge is 0.386 e. The molecule has 2 N–H and O–H groups in total. The Kier molecular flexibility index (Phi) is 4.04. The highest BCUT2D eigenvalue weighted by Crippen LogP contribution is 2.25. The van der Waals surface area contributed by atoms with Crippen LogP contribution in [0.2, 0.25) is 0 Å². The van der Waals surface area contributed by atoms with Crippen molar-refractivity contribution in [2.45, 2.75) is 51.5 Å². The number of nitrogens with one attached hydrogen (secondary N) is 1. The number of aromatic nitrogens is 2. The summed E-state index contributed by atoms with van der Waals surface area (Å²) in [5.74, 6) is 0. The number of rotatable bonds is 5. The first-order chi connectivity index (χ1) is 8.55. The first-order valence-corrected chi connectivity index (χ1v) is 6.65. The average molecular weight is 253 g/mol. The third-order valence-corrected chi connectivity index (χ3v) is 3.85. The molecule has 1 aromatic rings. The number of aliphatic hydroxyl groups is 1. The molecule has 0 saturated carbocycles. The highest BCUT2D eigenvalue weighted by molar-refractivity contribution is 5.09. The van der Waals surface area contributed by atoms with Gasteiger partial charge in [-0.05, 0) is 20.8 Å². The van der Waals surface area contributed by atoms with Crippen molar-refractivity contribution in [3.05, 3.63) is 18.0 Å². The van der Waals surface area contributed by atoms with Crippen molar-refractivity contribution in [2.75, 3.05) is 13.2 Å². The lowest BCUT2D eigenvalue weighted by Gasteiger charge is -2.28. The maximum Gasteiger partial charge on any atom is 0.105 e. The van der Waals surface area contributed by atoms with Crippen LogP contribution >= 0.6 is 0 Å². The molecule has 1 fully saturated rings.